The molecule has 0 atom stereocenters. The molecule has 7 nitrogen and oxygen atoms in total. The van der Waals surface area contributed by atoms with Crippen LogP contribution in [0.5, 0.6) is 0 Å². The van der Waals surface area contributed by atoms with Gasteiger partial charge in [-0.25, -0.2) is 8.42 Å². The number of morpholine rings is 1. The molecule has 1 fully saturated rings. The van der Waals surface area contributed by atoms with Gasteiger partial charge >= 0.3 is 0 Å². The summed E-state index contributed by atoms with van der Waals surface area (Å²) in [6.45, 7) is 1.24. The van der Waals surface area contributed by atoms with Crippen LogP contribution in [0.4, 0.5) is 0 Å². The quantitative estimate of drug-likeness (QED) is 0.662. The maximum absolute atomic E-state index is 12.2. The Labute approximate surface area is 105 Å². The van der Waals surface area contributed by atoms with Crippen molar-refractivity contribution in [3.05, 3.63) is 18.0 Å². The molecule has 0 bridgehead atoms. The molecule has 0 N–H and O–H groups in total. The normalized spacial score (nSPS) is 17.8. The van der Waals surface area contributed by atoms with Crippen LogP contribution >= 0.6 is 0 Å². The number of aromatic nitrogens is 1. The zero-order chi connectivity index (χ0) is 13.3. The lowest BCUT2D eigenvalue weighted by Crippen LogP contribution is -2.40. The van der Waals surface area contributed by atoms with Crippen LogP contribution in [-0.4, -0.2) is 49.6 Å². The molecule has 0 aromatic carbocycles. The van der Waals surface area contributed by atoms with E-state index < -0.39 is 16.0 Å². The van der Waals surface area contributed by atoms with E-state index in [2.05, 4.69) is 0 Å². The van der Waals surface area contributed by atoms with Crippen LogP contribution in [0.3, 0.4) is 0 Å². The van der Waals surface area contributed by atoms with Crippen molar-refractivity contribution in [2.75, 3.05) is 26.3 Å². The molecule has 1 saturated heterocycles. The monoisotopic (exact) mass is 273 g/mol. The molecule has 1 aromatic rings. The minimum absolute atomic E-state index is 0.0360. The second-order valence-corrected chi connectivity index (χ2v) is 5.91. The number of aromatic carboxylic acids is 1. The van der Waals surface area contributed by atoms with Crippen molar-refractivity contribution in [3.8, 4) is 0 Å². The van der Waals surface area contributed by atoms with E-state index >= 15 is 0 Å². The van der Waals surface area contributed by atoms with Crippen molar-refractivity contribution in [3.63, 3.8) is 0 Å². The average molecular weight is 273 g/mol. The molecule has 0 spiro atoms. The van der Waals surface area contributed by atoms with Crippen molar-refractivity contribution in [2.24, 2.45) is 7.05 Å². The fourth-order valence-corrected chi connectivity index (χ4v) is 3.29. The van der Waals surface area contributed by atoms with E-state index in [1.165, 1.54) is 22.1 Å². The highest BCUT2D eigenvalue weighted by Crippen LogP contribution is 2.19. The van der Waals surface area contributed by atoms with Gasteiger partial charge in [0, 0.05) is 26.3 Å². The Morgan fingerprint density at radius 2 is 2.00 bits per heavy atom. The number of ether oxygens (including phenoxy) is 1. The molecule has 2 rings (SSSR count). The number of rotatable bonds is 3. The van der Waals surface area contributed by atoms with Gasteiger partial charge in [0.15, 0.2) is 0 Å². The molecule has 0 aliphatic carbocycles. The van der Waals surface area contributed by atoms with Gasteiger partial charge in [-0.1, -0.05) is 0 Å². The Hall–Kier alpha value is -1.38. The van der Waals surface area contributed by atoms with E-state index in [-0.39, 0.29) is 23.7 Å². The summed E-state index contributed by atoms with van der Waals surface area (Å²) in [5, 5.41) is 10.8. The van der Waals surface area contributed by atoms with E-state index in [1.807, 2.05) is 0 Å². The minimum Gasteiger partial charge on any atom is -0.543 e. The number of hydrogen-bond donors (Lipinski definition) is 0. The van der Waals surface area contributed by atoms with E-state index in [9.17, 15) is 18.3 Å². The van der Waals surface area contributed by atoms with Crippen LogP contribution in [-0.2, 0) is 21.8 Å². The van der Waals surface area contributed by atoms with Gasteiger partial charge in [-0.3, -0.25) is 0 Å². The van der Waals surface area contributed by atoms with E-state index in [0.717, 1.165) is 6.07 Å². The van der Waals surface area contributed by atoms with Crippen LogP contribution in [0.1, 0.15) is 10.5 Å². The van der Waals surface area contributed by atoms with Gasteiger partial charge in [-0.2, -0.15) is 4.31 Å². The zero-order valence-corrected chi connectivity index (χ0v) is 10.6. The number of hydrogen-bond acceptors (Lipinski definition) is 5. The third kappa shape index (κ3) is 2.26. The van der Waals surface area contributed by atoms with Crippen molar-refractivity contribution in [2.45, 2.75) is 4.90 Å². The number of carboxylic acids is 1. The molecule has 0 saturated carbocycles. The first-order valence-corrected chi connectivity index (χ1v) is 6.82. The molecule has 1 aromatic heterocycles. The van der Waals surface area contributed by atoms with Crippen molar-refractivity contribution in [1.29, 1.82) is 0 Å². The lowest BCUT2D eigenvalue weighted by Gasteiger charge is -2.25. The Kier molecular flexibility index (Phi) is 3.42. The van der Waals surface area contributed by atoms with Crippen molar-refractivity contribution < 1.29 is 23.1 Å². The molecule has 0 unspecified atom stereocenters. The highest BCUT2D eigenvalue weighted by atomic mass is 32.2. The maximum atomic E-state index is 12.2. The number of nitrogens with zero attached hydrogens (tertiary/aromatic N) is 2. The molecule has 1 aliphatic rings. The number of carbonyl (C=O) groups is 1. The van der Waals surface area contributed by atoms with Crippen LogP contribution in [0.15, 0.2) is 17.2 Å². The Bertz CT molecular complexity index is 557. The fourth-order valence-electron chi connectivity index (χ4n) is 1.81. The predicted molar refractivity (Wildman–Crippen MR) is 59.3 cm³/mol. The summed E-state index contributed by atoms with van der Waals surface area (Å²) < 4.78 is 32.0. The lowest BCUT2D eigenvalue weighted by molar-refractivity contribution is -0.255. The molecule has 100 valence electrons. The first-order valence-electron chi connectivity index (χ1n) is 5.38. The Balaban J connectivity index is 2.35. The van der Waals surface area contributed by atoms with Gasteiger partial charge in [-0.15, -0.1) is 0 Å². The summed E-state index contributed by atoms with van der Waals surface area (Å²) in [6.07, 6.45) is 1.27. The summed E-state index contributed by atoms with van der Waals surface area (Å²) >= 11 is 0. The van der Waals surface area contributed by atoms with E-state index in [1.54, 1.807) is 0 Å². The highest BCUT2D eigenvalue weighted by Gasteiger charge is 2.27. The van der Waals surface area contributed by atoms with E-state index in [0.29, 0.717) is 13.2 Å². The molecular formula is C10H13N2O5S-. The molecule has 2 heterocycles. The predicted octanol–water partition coefficient (Wildman–Crippen LogP) is -1.59. The second-order valence-electron chi connectivity index (χ2n) is 3.98. The van der Waals surface area contributed by atoms with Crippen LogP contribution in [0.25, 0.3) is 0 Å². The maximum Gasteiger partial charge on any atom is 0.244 e. The fraction of sp³-hybridized carbons (Fsp3) is 0.500. The van der Waals surface area contributed by atoms with Crippen LogP contribution < -0.4 is 5.11 Å². The number of aryl methyl sites for hydroxylation is 1. The smallest absolute Gasteiger partial charge is 0.244 e. The summed E-state index contributed by atoms with van der Waals surface area (Å²) in [5.74, 6) is -1.40. The van der Waals surface area contributed by atoms with Gasteiger partial charge in [0.25, 0.3) is 0 Å². The first-order chi connectivity index (χ1) is 8.43. The number of carbonyl (C=O) groups excluding carboxylic acids is 1. The molecule has 8 heteroatoms. The SMILES string of the molecule is Cn1cc(S(=O)(=O)N2CCOCC2)cc1C(=O)[O-]. The zero-order valence-electron chi connectivity index (χ0n) is 9.83. The minimum atomic E-state index is -3.66. The van der Waals surface area contributed by atoms with Gasteiger partial charge in [0.2, 0.25) is 10.0 Å². The van der Waals surface area contributed by atoms with Gasteiger partial charge < -0.3 is 19.2 Å². The number of carboxylic acid groups (broad SMARTS) is 1. The standard InChI is InChI=1S/C10H14N2O5S/c1-11-7-8(6-9(11)10(13)14)18(15,16)12-2-4-17-5-3-12/h6-7H,2-5H2,1H3,(H,13,14)/p-1. The average Bonchev–Trinajstić information content (AvgIpc) is 2.73. The third-order valence-electron chi connectivity index (χ3n) is 2.80. The Morgan fingerprint density at radius 1 is 1.39 bits per heavy atom. The lowest BCUT2D eigenvalue weighted by atomic mass is 10.4. The second kappa shape index (κ2) is 4.71. The van der Waals surface area contributed by atoms with Gasteiger partial charge in [-0.05, 0) is 6.07 Å². The van der Waals surface area contributed by atoms with Crippen molar-refractivity contribution >= 4 is 16.0 Å². The molecule has 18 heavy (non-hydrogen) atoms. The molecular weight excluding hydrogens is 260 g/mol. The third-order valence-corrected chi connectivity index (χ3v) is 4.66. The van der Waals surface area contributed by atoms with Gasteiger partial charge in [0.05, 0.1) is 24.9 Å². The highest BCUT2D eigenvalue weighted by molar-refractivity contribution is 7.89. The van der Waals surface area contributed by atoms with Crippen LogP contribution in [0.2, 0.25) is 0 Å². The van der Waals surface area contributed by atoms with Crippen molar-refractivity contribution in [1.82, 2.24) is 8.87 Å². The van der Waals surface area contributed by atoms with Crippen LogP contribution in [0, 0.1) is 0 Å². The summed E-state index contributed by atoms with van der Waals surface area (Å²) in [6, 6.07) is 1.11. The molecule has 1 aliphatic heterocycles. The Morgan fingerprint density at radius 3 is 2.50 bits per heavy atom. The topological polar surface area (TPSA) is 91.7 Å². The molecule has 0 amide bonds. The van der Waals surface area contributed by atoms with Gasteiger partial charge in [0.1, 0.15) is 4.90 Å². The summed E-state index contributed by atoms with van der Waals surface area (Å²) in [7, 11) is -2.19. The molecule has 0 radical (unpaired) electrons. The number of sulfonamides is 1. The van der Waals surface area contributed by atoms with E-state index in [4.69, 9.17) is 4.74 Å². The summed E-state index contributed by atoms with van der Waals surface area (Å²) in [4.78, 5) is 10.7. The first kappa shape index (κ1) is 13.1. The summed E-state index contributed by atoms with van der Waals surface area (Å²) in [5.41, 5.74) is -0.165. The largest absolute Gasteiger partial charge is 0.543 e.